The summed E-state index contributed by atoms with van der Waals surface area (Å²) in [6.07, 6.45) is 6.99. The summed E-state index contributed by atoms with van der Waals surface area (Å²) in [6, 6.07) is 0. The lowest BCUT2D eigenvalue weighted by Gasteiger charge is -2.18. The van der Waals surface area contributed by atoms with Crippen LogP contribution in [-0.4, -0.2) is 5.78 Å². The van der Waals surface area contributed by atoms with Gasteiger partial charge in [-0.25, -0.2) is 0 Å². The molecule has 2 saturated carbocycles. The van der Waals surface area contributed by atoms with Crippen LogP contribution in [0.4, 0.5) is 0 Å². The molecule has 2 aliphatic carbocycles. The zero-order valence-electron chi connectivity index (χ0n) is 7.88. The molecule has 1 nitrogen and oxygen atoms in total. The van der Waals surface area contributed by atoms with Crippen molar-refractivity contribution in [2.24, 2.45) is 17.8 Å². The smallest absolute Gasteiger partial charge is 0.133 e. The first-order valence-electron chi connectivity index (χ1n) is 5.29. The van der Waals surface area contributed by atoms with E-state index in [9.17, 15) is 4.79 Å². The molecule has 0 bridgehead atoms. The van der Waals surface area contributed by atoms with Gasteiger partial charge in [-0.1, -0.05) is 13.3 Å². The molecule has 0 N–H and O–H groups in total. The van der Waals surface area contributed by atoms with Gasteiger partial charge in [0.05, 0.1) is 0 Å². The third-order valence-corrected chi connectivity index (χ3v) is 3.82. The normalized spacial score (nSPS) is 42.4. The minimum absolute atomic E-state index is 0.524. The molecule has 3 atom stereocenters. The summed E-state index contributed by atoms with van der Waals surface area (Å²) in [5.74, 6) is 2.99. The minimum Gasteiger partial charge on any atom is -0.300 e. The molecule has 0 spiro atoms. The second-order valence-electron chi connectivity index (χ2n) is 4.61. The van der Waals surface area contributed by atoms with E-state index in [1.54, 1.807) is 0 Å². The quantitative estimate of drug-likeness (QED) is 0.541. The Kier molecular flexibility index (Phi) is 2.20. The van der Waals surface area contributed by atoms with Crippen molar-refractivity contribution >= 4 is 5.78 Å². The number of hydrogen-bond acceptors (Lipinski definition) is 1. The van der Waals surface area contributed by atoms with Gasteiger partial charge >= 0.3 is 0 Å². The molecular formula is C11H18O. The number of carbonyl (C=O) groups excluding carboxylic acids is 1. The molecule has 0 amide bonds. The Hall–Kier alpha value is -0.330. The molecule has 2 rings (SSSR count). The monoisotopic (exact) mass is 166 g/mol. The molecule has 12 heavy (non-hydrogen) atoms. The van der Waals surface area contributed by atoms with Gasteiger partial charge < -0.3 is 0 Å². The molecule has 2 aliphatic rings. The van der Waals surface area contributed by atoms with Gasteiger partial charge in [0.15, 0.2) is 0 Å². The van der Waals surface area contributed by atoms with Crippen LogP contribution < -0.4 is 0 Å². The van der Waals surface area contributed by atoms with Crippen LogP contribution in [0.5, 0.6) is 0 Å². The first-order chi connectivity index (χ1) is 5.77. The fourth-order valence-electron chi connectivity index (χ4n) is 3.02. The summed E-state index contributed by atoms with van der Waals surface area (Å²) >= 11 is 0. The molecule has 0 heterocycles. The van der Waals surface area contributed by atoms with Crippen molar-refractivity contribution in [3.05, 3.63) is 0 Å². The summed E-state index contributed by atoms with van der Waals surface area (Å²) < 4.78 is 0. The van der Waals surface area contributed by atoms with Gasteiger partial charge in [-0.2, -0.15) is 0 Å². The molecular weight excluding hydrogens is 148 g/mol. The van der Waals surface area contributed by atoms with E-state index in [4.69, 9.17) is 0 Å². The molecule has 68 valence electrons. The zero-order valence-corrected chi connectivity index (χ0v) is 7.88. The van der Waals surface area contributed by atoms with E-state index in [2.05, 4.69) is 6.92 Å². The third-order valence-electron chi connectivity index (χ3n) is 3.82. The maximum absolute atomic E-state index is 11.4. The highest BCUT2D eigenvalue weighted by Gasteiger charge is 2.35. The number of Topliss-reactive ketones (excluding diaryl/α,β-unsaturated/α-hetero) is 1. The van der Waals surface area contributed by atoms with Crippen LogP contribution in [0.3, 0.4) is 0 Å². The second kappa shape index (κ2) is 3.20. The van der Waals surface area contributed by atoms with Crippen molar-refractivity contribution in [2.45, 2.75) is 45.4 Å². The van der Waals surface area contributed by atoms with E-state index in [-0.39, 0.29) is 0 Å². The van der Waals surface area contributed by atoms with Gasteiger partial charge in [0.2, 0.25) is 0 Å². The Balaban J connectivity index is 2.08. The number of carbonyl (C=O) groups is 1. The van der Waals surface area contributed by atoms with Crippen molar-refractivity contribution in [3.8, 4) is 0 Å². The number of fused-ring (bicyclic) bond motifs is 1. The van der Waals surface area contributed by atoms with Crippen LogP contribution >= 0.6 is 0 Å². The average molecular weight is 166 g/mol. The van der Waals surface area contributed by atoms with E-state index < -0.39 is 0 Å². The topological polar surface area (TPSA) is 17.1 Å². The SMILES string of the molecule is C[C@@H]1CC[C@H]2CCCC(=O)C[C@@H]21. The lowest BCUT2D eigenvalue weighted by molar-refractivity contribution is -0.119. The van der Waals surface area contributed by atoms with E-state index in [0.717, 1.165) is 37.0 Å². The van der Waals surface area contributed by atoms with Gasteiger partial charge in [-0.05, 0) is 37.0 Å². The molecule has 0 aliphatic heterocycles. The predicted octanol–water partition coefficient (Wildman–Crippen LogP) is 2.79. The highest BCUT2D eigenvalue weighted by Crippen LogP contribution is 2.43. The molecule has 0 aromatic carbocycles. The van der Waals surface area contributed by atoms with Gasteiger partial charge in [0.25, 0.3) is 0 Å². The first-order valence-corrected chi connectivity index (χ1v) is 5.29. The minimum atomic E-state index is 0.524. The van der Waals surface area contributed by atoms with Gasteiger partial charge in [0, 0.05) is 12.8 Å². The third kappa shape index (κ3) is 1.41. The highest BCUT2D eigenvalue weighted by atomic mass is 16.1. The lowest BCUT2D eigenvalue weighted by atomic mass is 9.86. The fourth-order valence-corrected chi connectivity index (χ4v) is 3.02. The molecule has 0 unspecified atom stereocenters. The predicted molar refractivity (Wildman–Crippen MR) is 48.9 cm³/mol. The van der Waals surface area contributed by atoms with Crippen LogP contribution in [-0.2, 0) is 4.79 Å². The largest absolute Gasteiger partial charge is 0.300 e. The molecule has 0 aromatic rings. The van der Waals surface area contributed by atoms with E-state index in [1.165, 1.54) is 19.3 Å². The average Bonchev–Trinajstić information content (AvgIpc) is 2.31. The number of rotatable bonds is 0. The van der Waals surface area contributed by atoms with Crippen LogP contribution in [0.15, 0.2) is 0 Å². The molecule has 0 aromatic heterocycles. The Morgan fingerprint density at radius 3 is 2.92 bits per heavy atom. The van der Waals surface area contributed by atoms with Crippen LogP contribution in [0.25, 0.3) is 0 Å². The molecule has 0 radical (unpaired) electrons. The Bertz CT molecular complexity index is 185. The Morgan fingerprint density at radius 2 is 2.08 bits per heavy atom. The van der Waals surface area contributed by atoms with Crippen LogP contribution in [0.1, 0.15) is 45.4 Å². The molecule has 1 heteroatoms. The van der Waals surface area contributed by atoms with Crippen LogP contribution in [0, 0.1) is 17.8 Å². The molecule has 0 saturated heterocycles. The fraction of sp³-hybridized carbons (Fsp3) is 0.909. The summed E-state index contributed by atoms with van der Waals surface area (Å²) in [4.78, 5) is 11.4. The summed E-state index contributed by atoms with van der Waals surface area (Å²) in [5, 5.41) is 0. The first kappa shape index (κ1) is 8.28. The molecule has 2 fully saturated rings. The number of hydrogen-bond donors (Lipinski definition) is 0. The van der Waals surface area contributed by atoms with E-state index >= 15 is 0 Å². The standard InChI is InChI=1S/C11H18O/c1-8-5-6-9-3-2-4-10(12)7-11(8)9/h8-9,11H,2-7H2,1H3/t8-,9-,11-/m1/s1. The lowest BCUT2D eigenvalue weighted by Crippen LogP contribution is -2.14. The van der Waals surface area contributed by atoms with E-state index in [0.29, 0.717) is 5.78 Å². The Morgan fingerprint density at radius 1 is 1.25 bits per heavy atom. The summed E-state index contributed by atoms with van der Waals surface area (Å²) in [6.45, 7) is 2.32. The second-order valence-corrected chi connectivity index (χ2v) is 4.61. The Labute approximate surface area is 74.5 Å². The summed E-state index contributed by atoms with van der Waals surface area (Å²) in [7, 11) is 0. The van der Waals surface area contributed by atoms with Crippen molar-refractivity contribution in [3.63, 3.8) is 0 Å². The van der Waals surface area contributed by atoms with Gasteiger partial charge in [-0.3, -0.25) is 4.79 Å². The summed E-state index contributed by atoms with van der Waals surface area (Å²) in [5.41, 5.74) is 0. The van der Waals surface area contributed by atoms with Gasteiger partial charge in [-0.15, -0.1) is 0 Å². The van der Waals surface area contributed by atoms with Crippen molar-refractivity contribution < 1.29 is 4.79 Å². The van der Waals surface area contributed by atoms with Crippen molar-refractivity contribution in [1.82, 2.24) is 0 Å². The highest BCUT2D eigenvalue weighted by molar-refractivity contribution is 5.78. The maximum Gasteiger partial charge on any atom is 0.133 e. The van der Waals surface area contributed by atoms with E-state index in [1.807, 2.05) is 0 Å². The van der Waals surface area contributed by atoms with Crippen LogP contribution in [0.2, 0.25) is 0 Å². The maximum atomic E-state index is 11.4. The number of ketones is 1. The van der Waals surface area contributed by atoms with Crippen molar-refractivity contribution in [2.75, 3.05) is 0 Å². The van der Waals surface area contributed by atoms with Crippen molar-refractivity contribution in [1.29, 1.82) is 0 Å². The zero-order chi connectivity index (χ0) is 8.55. The van der Waals surface area contributed by atoms with Gasteiger partial charge in [0.1, 0.15) is 5.78 Å².